The van der Waals surface area contributed by atoms with Gasteiger partial charge in [0.05, 0.1) is 36.2 Å². The van der Waals surface area contributed by atoms with E-state index in [1.54, 1.807) is 0 Å². The molecule has 3 unspecified atom stereocenters. The van der Waals surface area contributed by atoms with E-state index in [9.17, 15) is 29.7 Å². The van der Waals surface area contributed by atoms with E-state index in [0.717, 1.165) is 20.8 Å². The van der Waals surface area contributed by atoms with E-state index in [-0.39, 0.29) is 154 Å². The molecule has 3 atom stereocenters. The third-order valence-electron chi connectivity index (χ3n) is 1.02. The van der Waals surface area contributed by atoms with Crippen molar-refractivity contribution in [1.82, 2.24) is 0 Å². The summed E-state index contributed by atoms with van der Waals surface area (Å²) in [6.45, 7) is 3.40. The molecular weight excluding hydrogens is 369 g/mol. The van der Waals surface area contributed by atoms with Crippen LogP contribution < -0.4 is 169 Å². The van der Waals surface area contributed by atoms with Gasteiger partial charge in [-0.25, -0.2) is 0 Å². The normalized spacial score (nSPS) is 11.7. The van der Waals surface area contributed by atoms with Crippen molar-refractivity contribution in [3.63, 3.8) is 0 Å². The summed E-state index contributed by atoms with van der Waals surface area (Å²) < 4.78 is 0. The summed E-state index contributed by atoms with van der Waals surface area (Å²) in [5.41, 5.74) is 0. The Bertz CT molecular complexity index is 226. The predicted octanol–water partition coefficient (Wildman–Crippen LogP) is -14.6. The Morgan fingerprint density at radius 1 is 0.619 bits per heavy atom. The monoisotopic (exact) mass is 384 g/mol. The topological polar surface area (TPSA) is 181 Å². The summed E-state index contributed by atoms with van der Waals surface area (Å²) in [5.74, 6) is -4.31. The fourth-order valence-electron chi connectivity index (χ4n) is 0. The second kappa shape index (κ2) is 25.4. The Hall–Kier alpha value is 3.20. The van der Waals surface area contributed by atoms with Crippen LogP contribution in [0.2, 0.25) is 0 Å². The van der Waals surface area contributed by atoms with Crippen LogP contribution in [0.5, 0.6) is 0 Å². The summed E-state index contributed by atoms with van der Waals surface area (Å²) in [6.07, 6.45) is -4.03. The predicted molar refractivity (Wildman–Crippen MR) is 50.1 cm³/mol. The minimum Gasteiger partial charge on any atom is -0.547 e. The Morgan fingerprint density at radius 3 is 0.667 bits per heavy atom. The van der Waals surface area contributed by atoms with E-state index in [4.69, 9.17) is 15.3 Å². The van der Waals surface area contributed by atoms with Gasteiger partial charge in [0.1, 0.15) is 0 Å². The van der Waals surface area contributed by atoms with Gasteiger partial charge >= 0.3 is 154 Å². The van der Waals surface area contributed by atoms with Crippen LogP contribution in [0.4, 0.5) is 0 Å². The summed E-state index contributed by atoms with van der Waals surface area (Å²) in [6, 6.07) is 0. The van der Waals surface area contributed by atoms with Crippen molar-refractivity contribution in [3.05, 3.63) is 0 Å². The third-order valence-corrected chi connectivity index (χ3v) is 1.02. The van der Waals surface area contributed by atoms with Crippen LogP contribution in [-0.2, 0) is 14.4 Å². The van der Waals surface area contributed by atoms with Gasteiger partial charge in [0.15, 0.2) is 0 Å². The Balaban J connectivity index is -0.0000000375. The molecule has 0 bridgehead atoms. The maximum absolute atomic E-state index is 9.34. The first-order chi connectivity index (χ1) is 7.93. The molecule has 0 fully saturated rings. The fraction of sp³-hybridized carbons (Fsp3) is 0.667. The average molecular weight is 385 g/mol. The number of carbonyl (C=O) groups excluding carboxylic acids is 3. The van der Waals surface area contributed by atoms with Gasteiger partial charge in [-0.2, -0.15) is 0 Å². The quantitative estimate of drug-likeness (QED) is 0.398. The molecule has 0 aliphatic heterocycles. The molecule has 3 N–H and O–H groups in total. The number of hydrogen-bond donors (Lipinski definition) is 3. The van der Waals surface area contributed by atoms with Gasteiger partial charge in [-0.15, -0.1) is 0 Å². The molecule has 0 rings (SSSR count). The molecule has 0 radical (unpaired) electrons. The molecule has 0 aliphatic carbocycles. The van der Waals surface area contributed by atoms with E-state index in [2.05, 4.69) is 0 Å². The Kier molecular flexibility index (Phi) is 47.6. The smallest absolute Gasteiger partial charge is 0.547 e. The van der Waals surface area contributed by atoms with Crippen molar-refractivity contribution >= 4 is 17.9 Å². The number of carboxylic acids is 3. The number of carbonyl (C=O) groups is 3. The summed E-state index contributed by atoms with van der Waals surface area (Å²) in [5, 5.41) is 51.9. The van der Waals surface area contributed by atoms with E-state index in [1.807, 2.05) is 0 Å². The molecular formula is C9H15K3O9. The molecule has 0 spiro atoms. The van der Waals surface area contributed by atoms with Crippen molar-refractivity contribution in [1.29, 1.82) is 0 Å². The second-order valence-electron chi connectivity index (χ2n) is 2.99. The molecule has 21 heavy (non-hydrogen) atoms. The van der Waals surface area contributed by atoms with Crippen molar-refractivity contribution in [2.24, 2.45) is 0 Å². The molecule has 0 amide bonds. The van der Waals surface area contributed by atoms with E-state index in [0.29, 0.717) is 0 Å². The number of aliphatic hydroxyl groups excluding tert-OH is 3. The summed E-state index contributed by atoms with van der Waals surface area (Å²) in [4.78, 5) is 28.0. The van der Waals surface area contributed by atoms with Crippen LogP contribution in [0.25, 0.3) is 0 Å². The Labute approximate surface area is 250 Å². The van der Waals surface area contributed by atoms with Crippen molar-refractivity contribution in [2.75, 3.05) is 0 Å². The van der Waals surface area contributed by atoms with Gasteiger partial charge in [-0.1, -0.05) is 0 Å². The number of aliphatic carboxylic acids is 3. The number of hydrogen-bond acceptors (Lipinski definition) is 9. The molecule has 0 aromatic carbocycles. The zero-order valence-corrected chi connectivity index (χ0v) is 22.4. The van der Waals surface area contributed by atoms with Crippen LogP contribution >= 0.6 is 0 Å². The molecule has 0 aromatic heterocycles. The van der Waals surface area contributed by atoms with Crippen molar-refractivity contribution < 1.29 is 199 Å². The first kappa shape index (κ1) is 39.3. The minimum absolute atomic E-state index is 0. The van der Waals surface area contributed by atoms with Gasteiger partial charge in [-0.3, -0.25) is 0 Å². The van der Waals surface area contributed by atoms with Crippen LogP contribution in [0.15, 0.2) is 0 Å². The van der Waals surface area contributed by atoms with Crippen LogP contribution in [0.1, 0.15) is 20.8 Å². The molecule has 12 heteroatoms. The zero-order chi connectivity index (χ0) is 15.5. The molecule has 0 aromatic rings. The molecule has 108 valence electrons. The molecule has 0 saturated carbocycles. The molecule has 0 aliphatic rings. The molecule has 0 heterocycles. The first-order valence-corrected chi connectivity index (χ1v) is 4.60. The third kappa shape index (κ3) is 45.1. The van der Waals surface area contributed by atoms with Crippen molar-refractivity contribution in [3.8, 4) is 0 Å². The second-order valence-corrected chi connectivity index (χ2v) is 2.99. The summed E-state index contributed by atoms with van der Waals surface area (Å²) >= 11 is 0. The van der Waals surface area contributed by atoms with E-state index in [1.165, 1.54) is 0 Å². The van der Waals surface area contributed by atoms with Gasteiger partial charge in [0.2, 0.25) is 0 Å². The van der Waals surface area contributed by atoms with Gasteiger partial charge < -0.3 is 45.0 Å². The number of rotatable bonds is 3. The average Bonchev–Trinajstić information content (AvgIpc) is 2.18. The number of aliphatic hydroxyl groups is 3. The minimum atomic E-state index is -1.44. The SMILES string of the molecule is CC(O)C(=O)[O-].CC(O)C(=O)[O-].CC(O)C(=O)[O-].[K+].[K+].[K+]. The molecule has 0 saturated heterocycles. The van der Waals surface area contributed by atoms with Gasteiger partial charge in [0, 0.05) is 0 Å². The van der Waals surface area contributed by atoms with Crippen LogP contribution in [-0.4, -0.2) is 51.5 Å². The Morgan fingerprint density at radius 2 is 0.667 bits per heavy atom. The first-order valence-electron chi connectivity index (χ1n) is 4.60. The van der Waals surface area contributed by atoms with Crippen molar-refractivity contribution in [2.45, 2.75) is 39.1 Å². The maximum atomic E-state index is 9.34. The number of carboxylic acid groups (broad SMARTS) is 3. The van der Waals surface area contributed by atoms with E-state index >= 15 is 0 Å². The summed E-state index contributed by atoms with van der Waals surface area (Å²) in [7, 11) is 0. The van der Waals surface area contributed by atoms with E-state index < -0.39 is 36.2 Å². The zero-order valence-electron chi connectivity index (χ0n) is 13.0. The van der Waals surface area contributed by atoms with Gasteiger partial charge in [-0.05, 0) is 20.8 Å². The maximum Gasteiger partial charge on any atom is 1.00 e. The van der Waals surface area contributed by atoms with Crippen LogP contribution in [0.3, 0.4) is 0 Å². The molecule has 9 nitrogen and oxygen atoms in total. The van der Waals surface area contributed by atoms with Crippen LogP contribution in [0, 0.1) is 0 Å². The fourth-order valence-corrected chi connectivity index (χ4v) is 0. The van der Waals surface area contributed by atoms with Gasteiger partial charge in [0.25, 0.3) is 0 Å². The standard InChI is InChI=1S/3C3H6O3.3K/c3*1-2(4)3(5)6;;;/h3*2,4H,1H3,(H,5,6);;;/q;;;3*+1/p-3. The largest absolute Gasteiger partial charge is 1.00 e.